The molecule has 1 amide bonds. The van der Waals surface area contributed by atoms with Crippen molar-refractivity contribution in [3.05, 3.63) is 30.3 Å². The van der Waals surface area contributed by atoms with Gasteiger partial charge < -0.3 is 10.1 Å². The van der Waals surface area contributed by atoms with E-state index in [9.17, 15) is 4.79 Å². The summed E-state index contributed by atoms with van der Waals surface area (Å²) >= 11 is 3.45. The van der Waals surface area contributed by atoms with E-state index in [1.165, 1.54) is 0 Å². The van der Waals surface area contributed by atoms with E-state index < -0.39 is 0 Å². The molecule has 1 N–H and O–H groups in total. The average molecular weight is 328 g/mol. The highest BCUT2D eigenvalue weighted by Gasteiger charge is 2.03. The molecule has 1 aromatic rings. The van der Waals surface area contributed by atoms with E-state index in [1.54, 1.807) is 0 Å². The van der Waals surface area contributed by atoms with Gasteiger partial charge in [0.2, 0.25) is 5.91 Å². The maximum atomic E-state index is 11.5. The highest BCUT2D eigenvalue weighted by atomic mass is 79.9. The summed E-state index contributed by atoms with van der Waals surface area (Å²) in [6.07, 6.45) is 2.56. The van der Waals surface area contributed by atoms with Gasteiger partial charge in [0.15, 0.2) is 0 Å². The van der Waals surface area contributed by atoms with Gasteiger partial charge in [-0.3, -0.25) is 4.79 Å². The maximum Gasteiger partial charge on any atom is 0.223 e. The summed E-state index contributed by atoms with van der Waals surface area (Å²) in [7, 11) is 0. The third kappa shape index (κ3) is 7.88. The summed E-state index contributed by atoms with van der Waals surface area (Å²) in [6, 6.07) is 9.55. The van der Waals surface area contributed by atoms with Crippen molar-refractivity contribution in [2.75, 3.05) is 18.5 Å². The van der Waals surface area contributed by atoms with E-state index in [1.807, 2.05) is 30.3 Å². The molecule has 1 unspecified atom stereocenters. The molecule has 0 saturated carbocycles. The zero-order valence-electron chi connectivity index (χ0n) is 11.4. The molecule has 0 aliphatic heterocycles. The fourth-order valence-electron chi connectivity index (χ4n) is 1.62. The minimum Gasteiger partial charge on any atom is -0.493 e. The number of halogens is 1. The molecule has 19 heavy (non-hydrogen) atoms. The molecule has 3 nitrogen and oxygen atoms in total. The molecule has 0 heterocycles. The quantitative estimate of drug-likeness (QED) is 0.557. The van der Waals surface area contributed by atoms with Crippen LogP contribution in [-0.4, -0.2) is 24.4 Å². The van der Waals surface area contributed by atoms with Gasteiger partial charge in [0.05, 0.1) is 13.0 Å². The molecule has 106 valence electrons. The monoisotopic (exact) mass is 327 g/mol. The van der Waals surface area contributed by atoms with Crippen LogP contribution in [0.1, 0.15) is 26.2 Å². The second kappa shape index (κ2) is 9.84. The molecule has 0 aromatic heterocycles. The van der Waals surface area contributed by atoms with Crippen molar-refractivity contribution in [3.8, 4) is 5.75 Å². The van der Waals surface area contributed by atoms with E-state index in [2.05, 4.69) is 28.2 Å². The molecule has 0 fully saturated rings. The van der Waals surface area contributed by atoms with Gasteiger partial charge in [0, 0.05) is 11.9 Å². The third-order valence-electron chi connectivity index (χ3n) is 2.80. The Balaban J connectivity index is 2.02. The van der Waals surface area contributed by atoms with Crippen LogP contribution in [0.25, 0.3) is 0 Å². The Kier molecular flexibility index (Phi) is 8.30. The van der Waals surface area contributed by atoms with Gasteiger partial charge in [0.25, 0.3) is 0 Å². The first-order valence-electron chi connectivity index (χ1n) is 6.73. The molecule has 0 aliphatic rings. The van der Waals surface area contributed by atoms with Gasteiger partial charge in [-0.05, 0) is 30.9 Å². The number of alkyl halides is 1. The zero-order chi connectivity index (χ0) is 13.9. The Labute approximate surface area is 123 Å². The van der Waals surface area contributed by atoms with E-state index in [4.69, 9.17) is 4.74 Å². The van der Waals surface area contributed by atoms with Crippen LogP contribution >= 0.6 is 15.9 Å². The van der Waals surface area contributed by atoms with Crippen molar-refractivity contribution in [2.45, 2.75) is 26.2 Å². The molecule has 0 aliphatic carbocycles. The van der Waals surface area contributed by atoms with Crippen LogP contribution in [0, 0.1) is 5.92 Å². The molecule has 0 radical (unpaired) electrons. The minimum atomic E-state index is 0.0578. The number of nitrogens with one attached hydrogen (secondary N) is 1. The SMILES string of the molecule is CC(CBr)CCCNC(=O)CCOc1ccccc1. The number of benzene rings is 1. The van der Waals surface area contributed by atoms with Crippen LogP contribution < -0.4 is 10.1 Å². The summed E-state index contributed by atoms with van der Waals surface area (Å²) in [4.78, 5) is 11.5. The summed E-state index contributed by atoms with van der Waals surface area (Å²) in [5.41, 5.74) is 0. The lowest BCUT2D eigenvalue weighted by Crippen LogP contribution is -2.26. The summed E-state index contributed by atoms with van der Waals surface area (Å²) in [6.45, 7) is 3.37. The van der Waals surface area contributed by atoms with Gasteiger partial charge in [0.1, 0.15) is 5.75 Å². The Bertz CT molecular complexity index is 356. The van der Waals surface area contributed by atoms with E-state index >= 15 is 0 Å². The van der Waals surface area contributed by atoms with Crippen LogP contribution in [-0.2, 0) is 4.79 Å². The van der Waals surface area contributed by atoms with E-state index in [0.717, 1.165) is 30.5 Å². The number of ether oxygens (including phenoxy) is 1. The molecule has 4 heteroatoms. The number of rotatable bonds is 9. The fourth-order valence-corrected chi connectivity index (χ4v) is 1.95. The second-order valence-corrected chi connectivity index (χ2v) is 5.31. The standard InChI is InChI=1S/C15H22BrNO2/c1-13(12-16)6-5-10-17-15(18)9-11-19-14-7-3-2-4-8-14/h2-4,7-8,13H,5-6,9-12H2,1H3,(H,17,18). The number of hydrogen-bond donors (Lipinski definition) is 1. The van der Waals surface area contributed by atoms with E-state index in [0.29, 0.717) is 18.9 Å². The van der Waals surface area contributed by atoms with Crippen LogP contribution in [0.15, 0.2) is 30.3 Å². The Morgan fingerprint density at radius 2 is 2.11 bits per heavy atom. The predicted octanol–water partition coefficient (Wildman–Crippen LogP) is 3.38. The largest absolute Gasteiger partial charge is 0.493 e. The molecule has 1 atom stereocenters. The number of carbonyl (C=O) groups excluding carboxylic acids is 1. The second-order valence-electron chi connectivity index (χ2n) is 4.66. The van der Waals surface area contributed by atoms with Crippen molar-refractivity contribution in [1.29, 1.82) is 0 Å². The highest BCUT2D eigenvalue weighted by Crippen LogP contribution is 2.09. The number of amides is 1. The van der Waals surface area contributed by atoms with Gasteiger partial charge in [-0.1, -0.05) is 41.1 Å². The highest BCUT2D eigenvalue weighted by molar-refractivity contribution is 9.09. The van der Waals surface area contributed by atoms with Crippen LogP contribution in [0.3, 0.4) is 0 Å². The van der Waals surface area contributed by atoms with Crippen molar-refractivity contribution in [1.82, 2.24) is 5.32 Å². The molecular formula is C15H22BrNO2. The summed E-state index contributed by atoms with van der Waals surface area (Å²) < 4.78 is 5.47. The summed E-state index contributed by atoms with van der Waals surface area (Å²) in [5.74, 6) is 1.53. The molecule has 0 spiro atoms. The van der Waals surface area contributed by atoms with Crippen LogP contribution in [0.5, 0.6) is 5.75 Å². The average Bonchev–Trinajstić information content (AvgIpc) is 2.44. The zero-order valence-corrected chi connectivity index (χ0v) is 13.0. The van der Waals surface area contributed by atoms with E-state index in [-0.39, 0.29) is 5.91 Å². The smallest absolute Gasteiger partial charge is 0.223 e. The van der Waals surface area contributed by atoms with Crippen molar-refractivity contribution < 1.29 is 9.53 Å². The first-order valence-corrected chi connectivity index (χ1v) is 7.85. The minimum absolute atomic E-state index is 0.0578. The molecule has 1 aromatic carbocycles. The van der Waals surface area contributed by atoms with Gasteiger partial charge in [-0.15, -0.1) is 0 Å². The van der Waals surface area contributed by atoms with Crippen molar-refractivity contribution >= 4 is 21.8 Å². The predicted molar refractivity (Wildman–Crippen MR) is 81.8 cm³/mol. The number of hydrogen-bond acceptors (Lipinski definition) is 2. The maximum absolute atomic E-state index is 11.5. The van der Waals surface area contributed by atoms with Crippen molar-refractivity contribution in [3.63, 3.8) is 0 Å². The first-order chi connectivity index (χ1) is 9.22. The normalized spacial score (nSPS) is 11.9. The number of carbonyl (C=O) groups is 1. The van der Waals surface area contributed by atoms with Gasteiger partial charge >= 0.3 is 0 Å². The Hall–Kier alpha value is -1.03. The lowest BCUT2D eigenvalue weighted by Gasteiger charge is -2.09. The van der Waals surface area contributed by atoms with Gasteiger partial charge in [-0.25, -0.2) is 0 Å². The lowest BCUT2D eigenvalue weighted by atomic mass is 10.1. The summed E-state index contributed by atoms with van der Waals surface area (Å²) in [5, 5.41) is 3.93. The topological polar surface area (TPSA) is 38.3 Å². The van der Waals surface area contributed by atoms with Crippen LogP contribution in [0.2, 0.25) is 0 Å². The first kappa shape index (κ1) is 16.0. The molecule has 1 rings (SSSR count). The number of para-hydroxylation sites is 1. The fraction of sp³-hybridized carbons (Fsp3) is 0.533. The Morgan fingerprint density at radius 3 is 2.79 bits per heavy atom. The molecule has 0 bridgehead atoms. The molecule has 0 saturated heterocycles. The third-order valence-corrected chi connectivity index (χ3v) is 3.91. The van der Waals surface area contributed by atoms with Crippen LogP contribution in [0.4, 0.5) is 0 Å². The van der Waals surface area contributed by atoms with Gasteiger partial charge in [-0.2, -0.15) is 0 Å². The lowest BCUT2D eigenvalue weighted by molar-refractivity contribution is -0.121. The Morgan fingerprint density at radius 1 is 1.37 bits per heavy atom. The van der Waals surface area contributed by atoms with Crippen molar-refractivity contribution in [2.24, 2.45) is 5.92 Å². The molecular weight excluding hydrogens is 306 g/mol.